The molecular formula is C24H29F3N2O6S2. The molecule has 204 valence electrons. The van der Waals surface area contributed by atoms with Gasteiger partial charge >= 0.3 is 12.3 Å². The van der Waals surface area contributed by atoms with Crippen LogP contribution in [0, 0.1) is 0 Å². The van der Waals surface area contributed by atoms with Gasteiger partial charge in [0.1, 0.15) is 5.60 Å². The van der Waals surface area contributed by atoms with Crippen molar-refractivity contribution in [1.29, 1.82) is 0 Å². The number of halogens is 3. The van der Waals surface area contributed by atoms with Gasteiger partial charge in [-0.25, -0.2) is 26.4 Å². The van der Waals surface area contributed by atoms with Gasteiger partial charge in [-0.05, 0) is 76.8 Å². The van der Waals surface area contributed by atoms with Gasteiger partial charge in [0.2, 0.25) is 19.9 Å². The quantitative estimate of drug-likeness (QED) is 0.529. The maximum atomic E-state index is 13.7. The second kappa shape index (κ2) is 10.6. The highest BCUT2D eigenvalue weighted by atomic mass is 32.2. The second-order valence-electron chi connectivity index (χ2n) is 9.79. The lowest BCUT2D eigenvalue weighted by Gasteiger charge is -2.30. The van der Waals surface area contributed by atoms with Crippen LogP contribution in [0.4, 0.5) is 18.0 Å². The zero-order valence-corrected chi connectivity index (χ0v) is 22.1. The molecule has 0 aliphatic heterocycles. The molecule has 1 fully saturated rings. The van der Waals surface area contributed by atoms with E-state index < -0.39 is 59.1 Å². The number of alkyl carbamates (subject to hydrolysis) is 1. The van der Waals surface area contributed by atoms with E-state index in [-0.39, 0.29) is 23.8 Å². The summed E-state index contributed by atoms with van der Waals surface area (Å²) in [4.78, 5) is 10.1. The summed E-state index contributed by atoms with van der Waals surface area (Å²) in [5.74, 6) is 0. The number of rotatable bonds is 6. The molecule has 13 heteroatoms. The Kier molecular flexibility index (Phi) is 8.30. The number of alkyl halides is 3. The van der Waals surface area contributed by atoms with Crippen molar-refractivity contribution in [3.05, 3.63) is 54.1 Å². The van der Waals surface area contributed by atoms with Crippen LogP contribution in [0.15, 0.2) is 63.2 Å². The first-order valence-corrected chi connectivity index (χ1v) is 14.5. The Morgan fingerprint density at radius 3 is 1.97 bits per heavy atom. The van der Waals surface area contributed by atoms with Gasteiger partial charge < -0.3 is 10.1 Å². The Hall–Kier alpha value is -2.64. The Balaban J connectivity index is 1.82. The third-order valence-corrected chi connectivity index (χ3v) is 9.01. The van der Waals surface area contributed by atoms with Crippen LogP contribution < -0.4 is 10.0 Å². The Morgan fingerprint density at radius 1 is 0.865 bits per heavy atom. The molecule has 2 N–H and O–H groups in total. The summed E-state index contributed by atoms with van der Waals surface area (Å²) in [6.45, 7) is 5.15. The fraction of sp³-hybridized carbons (Fsp3) is 0.458. The number of amides is 1. The number of hydrogen-bond acceptors (Lipinski definition) is 6. The molecule has 37 heavy (non-hydrogen) atoms. The summed E-state index contributed by atoms with van der Waals surface area (Å²) < 4.78 is 101. The van der Waals surface area contributed by atoms with Crippen LogP contribution in [-0.2, 0) is 30.8 Å². The van der Waals surface area contributed by atoms with E-state index in [2.05, 4.69) is 10.0 Å². The Bertz CT molecular complexity index is 1330. The third kappa shape index (κ3) is 7.45. The molecule has 1 aliphatic carbocycles. The summed E-state index contributed by atoms with van der Waals surface area (Å²) >= 11 is 0. The molecule has 2 aromatic rings. The molecule has 2 aromatic carbocycles. The van der Waals surface area contributed by atoms with Crippen molar-refractivity contribution in [2.45, 2.75) is 85.0 Å². The Labute approximate surface area is 214 Å². The highest BCUT2D eigenvalue weighted by Crippen LogP contribution is 2.36. The second-order valence-corrected chi connectivity index (χ2v) is 13.4. The predicted octanol–water partition coefficient (Wildman–Crippen LogP) is 4.65. The van der Waals surface area contributed by atoms with Crippen molar-refractivity contribution in [2.24, 2.45) is 0 Å². The van der Waals surface area contributed by atoms with Crippen molar-refractivity contribution in [3.8, 4) is 0 Å². The van der Waals surface area contributed by atoms with Crippen LogP contribution in [0.3, 0.4) is 0 Å². The lowest BCUT2D eigenvalue weighted by atomic mass is 9.92. The maximum absolute atomic E-state index is 13.7. The number of carbonyl (C=O) groups is 1. The highest BCUT2D eigenvalue weighted by Gasteiger charge is 2.39. The standard InChI is InChI=1S/C24H29F3N2O6S2/c1-23(2,3)35-22(30)28-16-9-11-17(12-10-16)29-37(33,34)21-15-19(13-14-20(21)24(25,26)27)36(31,32)18-7-5-4-6-8-18/h4-8,13-17,29H,9-12H2,1-3H3,(H,28,30). The van der Waals surface area contributed by atoms with Crippen molar-refractivity contribution in [3.63, 3.8) is 0 Å². The van der Waals surface area contributed by atoms with E-state index >= 15 is 0 Å². The highest BCUT2D eigenvalue weighted by molar-refractivity contribution is 7.91. The average molecular weight is 563 g/mol. The fourth-order valence-corrected chi connectivity index (χ4v) is 6.91. The Morgan fingerprint density at radius 2 is 1.43 bits per heavy atom. The van der Waals surface area contributed by atoms with Gasteiger partial charge in [-0.1, -0.05) is 18.2 Å². The minimum absolute atomic E-state index is 0.179. The summed E-state index contributed by atoms with van der Waals surface area (Å²) in [7, 11) is -9.01. The molecule has 0 saturated heterocycles. The van der Waals surface area contributed by atoms with Crippen LogP contribution in [0.1, 0.15) is 52.0 Å². The molecule has 1 amide bonds. The maximum Gasteiger partial charge on any atom is 0.417 e. The van der Waals surface area contributed by atoms with E-state index in [1.165, 1.54) is 24.3 Å². The zero-order valence-electron chi connectivity index (χ0n) is 20.5. The summed E-state index contributed by atoms with van der Waals surface area (Å²) in [5.41, 5.74) is -2.15. The van der Waals surface area contributed by atoms with E-state index in [1.54, 1.807) is 26.8 Å². The van der Waals surface area contributed by atoms with Gasteiger partial charge in [0.15, 0.2) is 0 Å². The largest absolute Gasteiger partial charge is 0.444 e. The SMILES string of the molecule is CC(C)(C)OC(=O)NC1CCC(NS(=O)(=O)c2cc(S(=O)(=O)c3ccccc3)ccc2C(F)(F)F)CC1. The smallest absolute Gasteiger partial charge is 0.417 e. The van der Waals surface area contributed by atoms with Crippen LogP contribution in [0.5, 0.6) is 0 Å². The average Bonchev–Trinajstić information content (AvgIpc) is 2.78. The van der Waals surface area contributed by atoms with Crippen molar-refractivity contribution < 1.29 is 39.5 Å². The summed E-state index contributed by atoms with van der Waals surface area (Å²) in [6, 6.07) is 7.79. The molecule has 0 heterocycles. The van der Waals surface area contributed by atoms with Crippen molar-refractivity contribution in [1.82, 2.24) is 10.0 Å². The number of carbonyl (C=O) groups excluding carboxylic acids is 1. The van der Waals surface area contributed by atoms with Crippen LogP contribution in [0.25, 0.3) is 0 Å². The third-order valence-electron chi connectivity index (χ3n) is 5.68. The minimum atomic E-state index is -5.03. The van der Waals surface area contributed by atoms with Crippen LogP contribution in [-0.4, -0.2) is 40.6 Å². The number of benzene rings is 2. The molecule has 0 aromatic heterocycles. The molecule has 1 aliphatic rings. The molecule has 0 bridgehead atoms. The van der Waals surface area contributed by atoms with E-state index in [0.717, 1.165) is 6.07 Å². The molecule has 0 spiro atoms. The van der Waals surface area contributed by atoms with Gasteiger partial charge in [0, 0.05) is 12.1 Å². The summed E-state index contributed by atoms with van der Waals surface area (Å²) in [5, 5.41) is 2.71. The molecule has 0 atom stereocenters. The van der Waals surface area contributed by atoms with E-state index in [9.17, 15) is 34.8 Å². The van der Waals surface area contributed by atoms with E-state index in [0.29, 0.717) is 25.0 Å². The van der Waals surface area contributed by atoms with Gasteiger partial charge in [-0.15, -0.1) is 0 Å². The van der Waals surface area contributed by atoms with E-state index in [1.807, 2.05) is 0 Å². The number of sulfonamides is 1. The first-order chi connectivity index (χ1) is 17.0. The number of ether oxygens (including phenoxy) is 1. The molecule has 3 rings (SSSR count). The monoisotopic (exact) mass is 562 g/mol. The molecule has 0 unspecified atom stereocenters. The van der Waals surface area contributed by atoms with Crippen LogP contribution >= 0.6 is 0 Å². The van der Waals surface area contributed by atoms with Gasteiger partial charge in [0.25, 0.3) is 0 Å². The minimum Gasteiger partial charge on any atom is -0.444 e. The van der Waals surface area contributed by atoms with Crippen molar-refractivity contribution >= 4 is 26.0 Å². The first kappa shape index (κ1) is 28.9. The topological polar surface area (TPSA) is 119 Å². The number of sulfone groups is 1. The van der Waals surface area contributed by atoms with Crippen molar-refractivity contribution in [2.75, 3.05) is 0 Å². The number of nitrogens with one attached hydrogen (secondary N) is 2. The zero-order chi connectivity index (χ0) is 27.6. The van der Waals surface area contributed by atoms with Crippen LogP contribution in [0.2, 0.25) is 0 Å². The first-order valence-electron chi connectivity index (χ1n) is 11.5. The molecule has 8 nitrogen and oxygen atoms in total. The lowest BCUT2D eigenvalue weighted by molar-refractivity contribution is -0.139. The van der Waals surface area contributed by atoms with Gasteiger partial charge in [0.05, 0.1) is 20.2 Å². The molecule has 0 radical (unpaired) electrons. The van der Waals surface area contributed by atoms with Gasteiger partial charge in [-0.3, -0.25) is 0 Å². The fourth-order valence-electron chi connectivity index (χ4n) is 3.97. The molecular weight excluding hydrogens is 533 g/mol. The normalized spacial score (nSPS) is 19.3. The van der Waals surface area contributed by atoms with Gasteiger partial charge in [-0.2, -0.15) is 13.2 Å². The summed E-state index contributed by atoms with van der Waals surface area (Å²) in [6.07, 6.45) is -4.38. The number of hydrogen-bond donors (Lipinski definition) is 2. The van der Waals surface area contributed by atoms with E-state index in [4.69, 9.17) is 4.74 Å². The predicted molar refractivity (Wildman–Crippen MR) is 129 cm³/mol. The lowest BCUT2D eigenvalue weighted by Crippen LogP contribution is -2.45. The molecule has 1 saturated carbocycles.